The number of rotatable bonds is 6. The maximum atomic E-state index is 12.6. The van der Waals surface area contributed by atoms with Crippen LogP contribution >= 0.6 is 47.0 Å². The summed E-state index contributed by atoms with van der Waals surface area (Å²) in [6, 6.07) is 23.6. The summed E-state index contributed by atoms with van der Waals surface area (Å²) in [5.74, 6) is -0.404. The van der Waals surface area contributed by atoms with Gasteiger partial charge in [0.2, 0.25) is 3.79 Å². The average Bonchev–Trinajstić information content (AvgIpc) is 2.78. The number of nitrogens with one attached hydrogen (secondary N) is 3. The number of anilines is 1. The lowest BCUT2D eigenvalue weighted by atomic mass is 10.1. The molecule has 3 aromatic rings. The molecule has 33 heavy (non-hydrogen) atoms. The third-order valence-electron chi connectivity index (χ3n) is 4.32. The summed E-state index contributed by atoms with van der Waals surface area (Å²) in [5.41, 5.74) is 3.49. The predicted octanol–water partition coefficient (Wildman–Crippen LogP) is 6.82. The first-order chi connectivity index (χ1) is 15.7. The topological polar surface area (TPSA) is 77.9 Å². The van der Waals surface area contributed by atoms with Gasteiger partial charge < -0.3 is 16.0 Å². The van der Waals surface area contributed by atoms with Gasteiger partial charge in [0.15, 0.2) is 5.11 Å². The molecule has 1 amide bonds. The van der Waals surface area contributed by atoms with E-state index in [9.17, 15) is 4.79 Å². The number of halogens is 3. The van der Waals surface area contributed by atoms with Crippen LogP contribution in [0.5, 0.6) is 0 Å². The van der Waals surface area contributed by atoms with Crippen molar-refractivity contribution in [3.8, 4) is 0 Å². The number of nitrogens with zero attached hydrogens (tertiary/aromatic N) is 2. The smallest absolute Gasteiger partial charge is 0.252 e. The van der Waals surface area contributed by atoms with Gasteiger partial charge in [-0.15, -0.1) is 0 Å². The molecule has 0 fully saturated rings. The van der Waals surface area contributed by atoms with Crippen LogP contribution in [0.1, 0.15) is 15.9 Å². The molecule has 3 N–H and O–H groups in total. The Hall–Kier alpha value is -2.71. The number of amides is 1. The van der Waals surface area contributed by atoms with E-state index >= 15 is 0 Å². The molecule has 0 aliphatic rings. The Bertz CT molecular complexity index is 1130. The summed E-state index contributed by atoms with van der Waals surface area (Å²) in [7, 11) is 0. The minimum Gasteiger partial charge on any atom is -0.339 e. The Morgan fingerprint density at radius 2 is 1.52 bits per heavy atom. The molecule has 3 rings (SSSR count). The van der Waals surface area contributed by atoms with E-state index in [1.165, 1.54) is 0 Å². The van der Waals surface area contributed by atoms with Crippen molar-refractivity contribution in [3.05, 3.63) is 90.0 Å². The van der Waals surface area contributed by atoms with Crippen molar-refractivity contribution in [3.63, 3.8) is 0 Å². The number of thiocarbonyl (C=S) groups is 1. The van der Waals surface area contributed by atoms with Crippen molar-refractivity contribution in [2.45, 2.75) is 16.9 Å². The SMILES string of the molecule is Cc1cccc(C(=O)N[C@H](NC(=S)Nc2ccc(N=Nc3ccccc3)cc2)C(Cl)(Cl)Cl)c1. The first-order valence-electron chi connectivity index (χ1n) is 9.79. The minimum absolute atomic E-state index is 0.162. The molecule has 0 heterocycles. The lowest BCUT2D eigenvalue weighted by Crippen LogP contribution is -2.56. The molecule has 0 saturated heterocycles. The van der Waals surface area contributed by atoms with Gasteiger partial charge in [-0.2, -0.15) is 10.2 Å². The zero-order valence-corrected chi connectivity index (χ0v) is 20.5. The van der Waals surface area contributed by atoms with Gasteiger partial charge in [0.25, 0.3) is 5.91 Å². The zero-order valence-electron chi connectivity index (χ0n) is 17.4. The first-order valence-corrected chi connectivity index (χ1v) is 11.3. The molecule has 0 bridgehead atoms. The molecule has 10 heteroatoms. The van der Waals surface area contributed by atoms with Crippen molar-refractivity contribution in [2.75, 3.05) is 5.32 Å². The minimum atomic E-state index is -1.85. The Labute approximate surface area is 212 Å². The van der Waals surface area contributed by atoms with E-state index in [-0.39, 0.29) is 5.11 Å². The normalized spacial score (nSPS) is 12.2. The maximum absolute atomic E-state index is 12.6. The number of hydrogen-bond acceptors (Lipinski definition) is 4. The Morgan fingerprint density at radius 3 is 2.12 bits per heavy atom. The van der Waals surface area contributed by atoms with E-state index < -0.39 is 15.9 Å². The number of azo groups is 1. The van der Waals surface area contributed by atoms with E-state index in [4.69, 9.17) is 47.0 Å². The lowest BCUT2D eigenvalue weighted by Gasteiger charge is -2.27. The highest BCUT2D eigenvalue weighted by Crippen LogP contribution is 2.29. The zero-order chi connectivity index (χ0) is 23.8. The van der Waals surface area contributed by atoms with Crippen LogP contribution < -0.4 is 16.0 Å². The predicted molar refractivity (Wildman–Crippen MR) is 139 cm³/mol. The molecule has 0 radical (unpaired) electrons. The van der Waals surface area contributed by atoms with Crippen LogP contribution in [0.15, 0.2) is 89.1 Å². The highest BCUT2D eigenvalue weighted by molar-refractivity contribution is 7.80. The molecule has 3 aromatic carbocycles. The van der Waals surface area contributed by atoms with Gasteiger partial charge in [-0.3, -0.25) is 4.79 Å². The molecule has 0 aliphatic carbocycles. The van der Waals surface area contributed by atoms with E-state index in [1.807, 2.05) is 43.3 Å². The largest absolute Gasteiger partial charge is 0.339 e. The summed E-state index contributed by atoms with van der Waals surface area (Å²) in [6.07, 6.45) is -1.07. The Balaban J connectivity index is 1.60. The number of hydrogen-bond donors (Lipinski definition) is 3. The average molecular weight is 521 g/mol. The van der Waals surface area contributed by atoms with Crippen molar-refractivity contribution in [2.24, 2.45) is 10.2 Å². The summed E-state index contributed by atoms with van der Waals surface area (Å²) in [5, 5.41) is 17.0. The third-order valence-corrected chi connectivity index (χ3v) is 5.20. The molecule has 0 saturated carbocycles. The van der Waals surface area contributed by atoms with Gasteiger partial charge in [-0.05, 0) is 67.7 Å². The van der Waals surface area contributed by atoms with Crippen LogP contribution in [0.2, 0.25) is 0 Å². The monoisotopic (exact) mass is 519 g/mol. The standard InChI is InChI=1S/C23H20Cl3N5OS/c1-15-6-5-7-16(14-15)20(32)28-21(23(24,25)26)29-22(33)27-17-10-12-19(13-11-17)31-30-18-8-3-2-4-9-18/h2-14,21H,1H3,(H,28,32)(H2,27,29,33)/t21-/m1/s1. The number of alkyl halides is 3. The molecular formula is C23H20Cl3N5OS. The van der Waals surface area contributed by atoms with E-state index in [0.29, 0.717) is 16.9 Å². The van der Waals surface area contributed by atoms with Crippen molar-refractivity contribution < 1.29 is 4.79 Å². The Kier molecular flexibility index (Phi) is 8.63. The Morgan fingerprint density at radius 1 is 0.879 bits per heavy atom. The second-order valence-electron chi connectivity index (χ2n) is 7.00. The fraction of sp³-hybridized carbons (Fsp3) is 0.130. The van der Waals surface area contributed by atoms with Gasteiger partial charge in [-0.1, -0.05) is 70.7 Å². The van der Waals surface area contributed by atoms with Gasteiger partial charge in [-0.25, -0.2) is 0 Å². The van der Waals surface area contributed by atoms with E-state index in [2.05, 4.69) is 26.2 Å². The summed E-state index contributed by atoms with van der Waals surface area (Å²) in [4.78, 5) is 12.6. The number of carbonyl (C=O) groups is 1. The molecule has 0 unspecified atom stereocenters. The molecule has 0 aliphatic heterocycles. The molecule has 170 valence electrons. The van der Waals surface area contributed by atoms with Gasteiger partial charge in [0.1, 0.15) is 6.17 Å². The third kappa shape index (κ3) is 7.98. The number of aryl methyl sites for hydroxylation is 1. The van der Waals surface area contributed by atoms with Crippen molar-refractivity contribution in [1.82, 2.24) is 10.6 Å². The highest BCUT2D eigenvalue weighted by atomic mass is 35.6. The fourth-order valence-corrected chi connectivity index (χ4v) is 3.28. The molecular weight excluding hydrogens is 501 g/mol. The van der Waals surface area contributed by atoms with Crippen molar-refractivity contribution >= 4 is 75.1 Å². The second kappa shape index (κ2) is 11.4. The first kappa shape index (κ1) is 24.9. The number of carbonyl (C=O) groups excluding carboxylic acids is 1. The second-order valence-corrected chi connectivity index (χ2v) is 9.78. The highest BCUT2D eigenvalue weighted by Gasteiger charge is 2.34. The van der Waals surface area contributed by atoms with Crippen LogP contribution in [0, 0.1) is 6.92 Å². The molecule has 6 nitrogen and oxygen atoms in total. The maximum Gasteiger partial charge on any atom is 0.252 e. The fourth-order valence-electron chi connectivity index (χ4n) is 2.72. The quantitative estimate of drug-likeness (QED) is 0.144. The van der Waals surface area contributed by atoms with Crippen LogP contribution in [-0.4, -0.2) is 21.0 Å². The molecule has 0 aromatic heterocycles. The summed E-state index contributed by atoms with van der Waals surface area (Å²) < 4.78 is -1.85. The van der Waals surface area contributed by atoms with E-state index in [0.717, 1.165) is 11.3 Å². The van der Waals surface area contributed by atoms with Crippen molar-refractivity contribution in [1.29, 1.82) is 0 Å². The summed E-state index contributed by atoms with van der Waals surface area (Å²) in [6.45, 7) is 1.88. The van der Waals surface area contributed by atoms with Gasteiger partial charge in [0.05, 0.1) is 11.4 Å². The van der Waals surface area contributed by atoms with Crippen LogP contribution in [0.4, 0.5) is 17.1 Å². The summed E-state index contributed by atoms with van der Waals surface area (Å²) >= 11 is 23.5. The van der Waals surface area contributed by atoms with Crippen LogP contribution in [0.25, 0.3) is 0 Å². The number of benzene rings is 3. The van der Waals surface area contributed by atoms with Crippen LogP contribution in [0.3, 0.4) is 0 Å². The van der Waals surface area contributed by atoms with Gasteiger partial charge >= 0.3 is 0 Å². The van der Waals surface area contributed by atoms with Gasteiger partial charge in [0, 0.05) is 11.3 Å². The molecule has 1 atom stereocenters. The van der Waals surface area contributed by atoms with E-state index in [1.54, 1.807) is 42.5 Å². The molecule has 0 spiro atoms. The lowest BCUT2D eigenvalue weighted by molar-refractivity contribution is 0.0934. The van der Waals surface area contributed by atoms with Crippen LogP contribution in [-0.2, 0) is 0 Å².